The minimum Gasteiger partial charge on any atom is -0.461 e. The maximum absolute atomic E-state index is 11.6. The second-order valence-electron chi connectivity index (χ2n) is 3.68. The average molecular weight is 250 g/mol. The monoisotopic (exact) mass is 250 g/mol. The molecule has 18 heavy (non-hydrogen) atoms. The van der Waals surface area contributed by atoms with E-state index in [4.69, 9.17) is 15.0 Å². The van der Waals surface area contributed by atoms with E-state index in [1.54, 1.807) is 30.7 Å². The Morgan fingerprint density at radius 3 is 3.00 bits per heavy atom. The van der Waals surface area contributed by atoms with Crippen molar-refractivity contribution < 1.29 is 14.1 Å². The van der Waals surface area contributed by atoms with Crippen LogP contribution in [0.1, 0.15) is 29.0 Å². The molecule has 7 nitrogen and oxygen atoms in total. The summed E-state index contributed by atoms with van der Waals surface area (Å²) in [7, 11) is 0. The van der Waals surface area contributed by atoms with Crippen LogP contribution in [0.25, 0.3) is 0 Å². The Morgan fingerprint density at radius 1 is 1.61 bits per heavy atom. The van der Waals surface area contributed by atoms with Crippen LogP contribution in [0.4, 0.5) is 5.82 Å². The first-order valence-electron chi connectivity index (χ1n) is 5.52. The van der Waals surface area contributed by atoms with E-state index in [0.717, 1.165) is 0 Å². The fourth-order valence-corrected chi connectivity index (χ4v) is 1.61. The quantitative estimate of drug-likeness (QED) is 0.813. The maximum Gasteiger partial charge on any atom is 0.360 e. The Morgan fingerprint density at radius 2 is 2.39 bits per heavy atom. The average Bonchev–Trinajstić information content (AvgIpc) is 2.93. The van der Waals surface area contributed by atoms with Crippen molar-refractivity contribution in [1.82, 2.24) is 14.7 Å². The first kappa shape index (κ1) is 12.2. The molecule has 2 rings (SSSR count). The number of hydrogen-bond acceptors (Lipinski definition) is 6. The van der Waals surface area contributed by atoms with E-state index < -0.39 is 5.97 Å². The SMILES string of the molecule is CCOC(=O)c1nc(C)n(Cc2ccno2)c1N. The molecule has 7 heteroatoms. The van der Waals surface area contributed by atoms with Gasteiger partial charge in [-0.25, -0.2) is 9.78 Å². The van der Waals surface area contributed by atoms with E-state index in [1.807, 2.05) is 0 Å². The molecule has 0 atom stereocenters. The lowest BCUT2D eigenvalue weighted by molar-refractivity contribution is 0.0521. The number of nitrogens with zero attached hydrogens (tertiary/aromatic N) is 3. The van der Waals surface area contributed by atoms with Gasteiger partial charge in [0.2, 0.25) is 0 Å². The van der Waals surface area contributed by atoms with E-state index in [2.05, 4.69) is 10.1 Å². The molecule has 0 saturated carbocycles. The van der Waals surface area contributed by atoms with E-state index in [9.17, 15) is 4.79 Å². The molecule has 0 fully saturated rings. The number of nitrogens with two attached hydrogens (primary N) is 1. The van der Waals surface area contributed by atoms with Crippen LogP contribution in [0.2, 0.25) is 0 Å². The first-order chi connectivity index (χ1) is 8.63. The summed E-state index contributed by atoms with van der Waals surface area (Å²) in [5.74, 6) is 1.00. The molecule has 0 radical (unpaired) electrons. The van der Waals surface area contributed by atoms with Crippen LogP contribution >= 0.6 is 0 Å². The molecule has 0 unspecified atom stereocenters. The van der Waals surface area contributed by atoms with Crippen molar-refractivity contribution in [3.8, 4) is 0 Å². The summed E-state index contributed by atoms with van der Waals surface area (Å²) < 4.78 is 11.5. The highest BCUT2D eigenvalue weighted by molar-refractivity contribution is 5.92. The van der Waals surface area contributed by atoms with Gasteiger partial charge < -0.3 is 19.6 Å². The summed E-state index contributed by atoms with van der Waals surface area (Å²) in [6.07, 6.45) is 1.55. The number of aromatic nitrogens is 3. The van der Waals surface area contributed by atoms with Crippen LogP contribution in [-0.4, -0.2) is 27.3 Å². The molecule has 2 aromatic rings. The van der Waals surface area contributed by atoms with Crippen LogP contribution in [0.15, 0.2) is 16.8 Å². The molecule has 0 bridgehead atoms. The fraction of sp³-hybridized carbons (Fsp3) is 0.364. The predicted molar refractivity (Wildman–Crippen MR) is 62.9 cm³/mol. The lowest BCUT2D eigenvalue weighted by Crippen LogP contribution is -2.10. The van der Waals surface area contributed by atoms with Crippen LogP contribution < -0.4 is 5.73 Å². The molecule has 0 aliphatic carbocycles. The summed E-state index contributed by atoms with van der Waals surface area (Å²) in [4.78, 5) is 15.7. The second-order valence-corrected chi connectivity index (χ2v) is 3.68. The number of carbonyl (C=O) groups excluding carboxylic acids is 1. The van der Waals surface area contributed by atoms with Crippen molar-refractivity contribution in [2.75, 3.05) is 12.3 Å². The van der Waals surface area contributed by atoms with Crippen molar-refractivity contribution >= 4 is 11.8 Å². The Bertz CT molecular complexity index is 545. The number of imidazole rings is 1. The molecule has 96 valence electrons. The van der Waals surface area contributed by atoms with Gasteiger partial charge in [0.25, 0.3) is 0 Å². The largest absolute Gasteiger partial charge is 0.461 e. The maximum atomic E-state index is 11.6. The summed E-state index contributed by atoms with van der Waals surface area (Å²) in [5.41, 5.74) is 6.02. The highest BCUT2D eigenvalue weighted by Crippen LogP contribution is 2.17. The zero-order chi connectivity index (χ0) is 13.1. The van der Waals surface area contributed by atoms with Crippen molar-refractivity contribution in [3.63, 3.8) is 0 Å². The molecular weight excluding hydrogens is 236 g/mol. The summed E-state index contributed by atoms with van der Waals surface area (Å²) >= 11 is 0. The van der Waals surface area contributed by atoms with Gasteiger partial charge >= 0.3 is 5.97 Å². The smallest absolute Gasteiger partial charge is 0.360 e. The fourth-order valence-electron chi connectivity index (χ4n) is 1.61. The molecule has 2 aromatic heterocycles. The van der Waals surface area contributed by atoms with E-state index in [-0.39, 0.29) is 18.1 Å². The van der Waals surface area contributed by atoms with Crippen LogP contribution in [0, 0.1) is 6.92 Å². The van der Waals surface area contributed by atoms with Gasteiger partial charge in [0.15, 0.2) is 11.5 Å². The van der Waals surface area contributed by atoms with Crippen molar-refractivity contribution in [2.45, 2.75) is 20.4 Å². The number of hydrogen-bond donors (Lipinski definition) is 1. The molecule has 0 saturated heterocycles. The molecule has 2 heterocycles. The second kappa shape index (κ2) is 4.91. The van der Waals surface area contributed by atoms with Gasteiger partial charge in [0.05, 0.1) is 19.3 Å². The zero-order valence-corrected chi connectivity index (χ0v) is 10.2. The molecule has 0 aliphatic rings. The Labute approximate surface area is 104 Å². The number of anilines is 1. The van der Waals surface area contributed by atoms with Gasteiger partial charge in [0, 0.05) is 6.07 Å². The van der Waals surface area contributed by atoms with Gasteiger partial charge in [-0.3, -0.25) is 0 Å². The minimum absolute atomic E-state index is 0.133. The number of esters is 1. The summed E-state index contributed by atoms with van der Waals surface area (Å²) in [5, 5.41) is 3.61. The third-order valence-electron chi connectivity index (χ3n) is 2.47. The van der Waals surface area contributed by atoms with Crippen molar-refractivity contribution in [2.24, 2.45) is 0 Å². The molecular formula is C11H14N4O3. The van der Waals surface area contributed by atoms with Gasteiger partial charge in [-0.05, 0) is 13.8 Å². The highest BCUT2D eigenvalue weighted by atomic mass is 16.5. The van der Waals surface area contributed by atoms with Crippen LogP contribution in [-0.2, 0) is 11.3 Å². The van der Waals surface area contributed by atoms with Gasteiger partial charge in [-0.2, -0.15) is 0 Å². The summed E-state index contributed by atoms with van der Waals surface area (Å²) in [6, 6.07) is 1.73. The normalized spacial score (nSPS) is 10.6. The van der Waals surface area contributed by atoms with Gasteiger partial charge in [-0.1, -0.05) is 5.16 Å². The van der Waals surface area contributed by atoms with Gasteiger partial charge in [0.1, 0.15) is 11.6 Å². The number of carbonyl (C=O) groups is 1. The Balaban J connectivity index is 2.29. The van der Waals surface area contributed by atoms with Crippen LogP contribution in [0.3, 0.4) is 0 Å². The minimum atomic E-state index is -0.519. The van der Waals surface area contributed by atoms with E-state index in [0.29, 0.717) is 18.1 Å². The zero-order valence-electron chi connectivity index (χ0n) is 10.2. The lowest BCUT2D eigenvalue weighted by atomic mass is 10.4. The van der Waals surface area contributed by atoms with E-state index in [1.165, 1.54) is 0 Å². The standard InChI is InChI=1S/C11H14N4O3/c1-3-17-11(16)9-10(12)15(7(2)14-9)6-8-4-5-13-18-8/h4-5H,3,6,12H2,1-2H3. The molecule has 0 aromatic carbocycles. The van der Waals surface area contributed by atoms with Crippen LogP contribution in [0.5, 0.6) is 0 Å². The topological polar surface area (TPSA) is 96.2 Å². The first-order valence-corrected chi connectivity index (χ1v) is 5.52. The summed E-state index contributed by atoms with van der Waals surface area (Å²) in [6.45, 7) is 4.15. The predicted octanol–water partition coefficient (Wildman–Crippen LogP) is 0.987. The third-order valence-corrected chi connectivity index (χ3v) is 2.47. The third kappa shape index (κ3) is 2.20. The number of rotatable bonds is 4. The Kier molecular flexibility index (Phi) is 3.31. The van der Waals surface area contributed by atoms with Crippen molar-refractivity contribution in [1.29, 1.82) is 0 Å². The highest BCUT2D eigenvalue weighted by Gasteiger charge is 2.20. The van der Waals surface area contributed by atoms with E-state index >= 15 is 0 Å². The molecule has 0 aliphatic heterocycles. The molecule has 0 amide bonds. The van der Waals surface area contributed by atoms with Crippen molar-refractivity contribution in [3.05, 3.63) is 29.5 Å². The molecule has 0 spiro atoms. The number of nitrogen functional groups attached to an aromatic ring is 1. The Hall–Kier alpha value is -2.31. The number of ether oxygens (including phenoxy) is 1. The van der Waals surface area contributed by atoms with Gasteiger partial charge in [-0.15, -0.1) is 0 Å². The lowest BCUT2D eigenvalue weighted by Gasteiger charge is -2.04. The molecule has 2 N–H and O–H groups in total. The number of aryl methyl sites for hydroxylation is 1.